The summed E-state index contributed by atoms with van der Waals surface area (Å²) in [6, 6.07) is 0.377. The molecule has 25 heavy (non-hydrogen) atoms. The normalized spacial score (nSPS) is 13.2. The largest absolute Gasteiger partial charge is 0.355 e. The Morgan fingerprint density at radius 3 is 2.32 bits per heavy atom. The van der Waals surface area contributed by atoms with E-state index in [2.05, 4.69) is 52.5 Å². The van der Waals surface area contributed by atoms with Crippen LogP contribution in [0.3, 0.4) is 0 Å². The summed E-state index contributed by atoms with van der Waals surface area (Å²) in [5.74, 6) is 1.32. The lowest BCUT2D eigenvalue weighted by Gasteiger charge is -2.33. The molecule has 2 N–H and O–H groups in total. The summed E-state index contributed by atoms with van der Waals surface area (Å²) in [6.07, 6.45) is 3.89. The van der Waals surface area contributed by atoms with E-state index < -0.39 is 0 Å². The van der Waals surface area contributed by atoms with Crippen LogP contribution >= 0.6 is 11.3 Å². The summed E-state index contributed by atoms with van der Waals surface area (Å²) in [5, 5.41) is 7.94. The van der Waals surface area contributed by atoms with Gasteiger partial charge < -0.3 is 10.6 Å². The fraction of sp³-hybridized carbons (Fsp3) is 0.579. The van der Waals surface area contributed by atoms with Gasteiger partial charge in [0.25, 0.3) is 0 Å². The quantitative estimate of drug-likeness (QED) is 0.381. The second-order valence-electron chi connectivity index (χ2n) is 6.39. The second kappa shape index (κ2) is 11.1. The molecule has 1 atom stereocenters. The van der Waals surface area contributed by atoms with Crippen LogP contribution in [0.1, 0.15) is 29.4 Å². The average molecular weight is 364 g/mol. The third-order valence-electron chi connectivity index (χ3n) is 4.08. The highest BCUT2D eigenvalue weighted by Crippen LogP contribution is 2.16. The van der Waals surface area contributed by atoms with Gasteiger partial charge >= 0.3 is 0 Å². The molecule has 0 aromatic carbocycles. The second-order valence-corrected chi connectivity index (χ2v) is 7.68. The highest BCUT2D eigenvalue weighted by Gasteiger charge is 2.20. The summed E-state index contributed by atoms with van der Waals surface area (Å²) >= 11 is 1.73. The summed E-state index contributed by atoms with van der Waals surface area (Å²) in [7, 11) is 1.80. The molecule has 140 valence electrons. The van der Waals surface area contributed by atoms with Crippen LogP contribution in [0, 0.1) is 19.8 Å². The molecule has 0 saturated carbocycles. The first kappa shape index (κ1) is 21.4. The maximum absolute atomic E-state index is 4.47. The molecule has 1 unspecified atom stereocenters. The number of nitrogens with one attached hydrogen (secondary N) is 2. The first-order valence-corrected chi connectivity index (χ1v) is 9.57. The van der Waals surface area contributed by atoms with Crippen LogP contribution in [-0.2, 0) is 6.54 Å². The van der Waals surface area contributed by atoms with Crippen molar-refractivity contribution in [2.24, 2.45) is 10.9 Å². The summed E-state index contributed by atoms with van der Waals surface area (Å²) < 4.78 is 0. The van der Waals surface area contributed by atoms with Crippen molar-refractivity contribution in [1.29, 1.82) is 0 Å². The number of aliphatic imine (C=N–C) groups is 1. The van der Waals surface area contributed by atoms with Crippen LogP contribution in [0.5, 0.6) is 0 Å². The van der Waals surface area contributed by atoms with E-state index in [9.17, 15) is 0 Å². The molecule has 5 nitrogen and oxygen atoms in total. The molecule has 1 aromatic rings. The van der Waals surface area contributed by atoms with Gasteiger partial charge in [0.15, 0.2) is 5.96 Å². The Kier molecular flexibility index (Phi) is 9.45. The minimum atomic E-state index is 0.377. The van der Waals surface area contributed by atoms with E-state index in [4.69, 9.17) is 0 Å². The minimum Gasteiger partial charge on any atom is -0.355 e. The predicted octanol–water partition coefficient (Wildman–Crippen LogP) is 3.12. The van der Waals surface area contributed by atoms with Crippen LogP contribution < -0.4 is 10.6 Å². The van der Waals surface area contributed by atoms with Crippen molar-refractivity contribution in [3.05, 3.63) is 40.9 Å². The van der Waals surface area contributed by atoms with Crippen molar-refractivity contribution < 1.29 is 0 Å². The maximum atomic E-state index is 4.47. The molecule has 0 saturated heterocycles. The van der Waals surface area contributed by atoms with E-state index in [0.29, 0.717) is 12.0 Å². The molecule has 0 aliphatic carbocycles. The lowest BCUT2D eigenvalue weighted by molar-refractivity contribution is 0.190. The van der Waals surface area contributed by atoms with Crippen molar-refractivity contribution >= 4 is 17.3 Å². The Labute approximate surface area is 157 Å². The van der Waals surface area contributed by atoms with E-state index in [1.165, 1.54) is 4.88 Å². The number of aromatic nitrogens is 1. The Bertz CT molecular complexity index is 566. The summed E-state index contributed by atoms with van der Waals surface area (Å²) in [5.41, 5.74) is 1.09. The molecule has 0 fully saturated rings. The highest BCUT2D eigenvalue weighted by molar-refractivity contribution is 7.11. The average Bonchev–Trinajstić information content (AvgIpc) is 2.88. The Hall–Kier alpha value is -1.66. The molecule has 6 heteroatoms. The minimum absolute atomic E-state index is 0.377. The van der Waals surface area contributed by atoms with Crippen molar-refractivity contribution in [2.75, 3.05) is 26.7 Å². The van der Waals surface area contributed by atoms with Crippen molar-refractivity contribution in [3.8, 4) is 0 Å². The van der Waals surface area contributed by atoms with Crippen LogP contribution in [-0.4, -0.2) is 48.6 Å². The molecule has 1 rings (SSSR count). The number of aryl methyl sites for hydroxylation is 2. The Balaban J connectivity index is 2.64. The standard InChI is InChI=1S/C19H33N5S/c1-8-10-24(11-9-2)17(14(3)4)12-21-19(20-7)22-13-18-15(5)23-16(6)25-18/h8-9,14,17H,1-2,10-13H2,3-7H3,(H2,20,21,22). The number of thiazole rings is 1. The van der Waals surface area contributed by atoms with E-state index in [1.54, 1.807) is 18.4 Å². The van der Waals surface area contributed by atoms with E-state index >= 15 is 0 Å². The van der Waals surface area contributed by atoms with Gasteiger partial charge in [0.05, 0.1) is 17.2 Å². The fourth-order valence-corrected chi connectivity index (χ4v) is 3.66. The van der Waals surface area contributed by atoms with Gasteiger partial charge in [0.2, 0.25) is 0 Å². The molecule has 0 aliphatic rings. The Morgan fingerprint density at radius 2 is 1.88 bits per heavy atom. The molecule has 1 aromatic heterocycles. The van der Waals surface area contributed by atoms with Crippen LogP contribution in [0.2, 0.25) is 0 Å². The van der Waals surface area contributed by atoms with Gasteiger partial charge in [-0.1, -0.05) is 26.0 Å². The zero-order chi connectivity index (χ0) is 18.8. The van der Waals surface area contributed by atoms with Gasteiger partial charge in [-0.05, 0) is 19.8 Å². The topological polar surface area (TPSA) is 52.5 Å². The lowest BCUT2D eigenvalue weighted by Crippen LogP contribution is -2.49. The molecule has 0 spiro atoms. The zero-order valence-electron chi connectivity index (χ0n) is 16.3. The molecule has 0 aliphatic heterocycles. The number of nitrogens with zero attached hydrogens (tertiary/aromatic N) is 3. The van der Waals surface area contributed by atoms with Crippen molar-refractivity contribution in [2.45, 2.75) is 40.3 Å². The molecule has 1 heterocycles. The molecule has 0 bridgehead atoms. The van der Waals surface area contributed by atoms with Gasteiger partial charge in [-0.25, -0.2) is 4.98 Å². The molecule has 0 radical (unpaired) electrons. The van der Waals surface area contributed by atoms with Gasteiger partial charge in [-0.2, -0.15) is 0 Å². The third-order valence-corrected chi connectivity index (χ3v) is 5.16. The van der Waals surface area contributed by atoms with E-state index in [1.807, 2.05) is 26.0 Å². The van der Waals surface area contributed by atoms with Gasteiger partial charge in [0, 0.05) is 37.6 Å². The summed E-state index contributed by atoms with van der Waals surface area (Å²) in [6.45, 7) is 19.6. The smallest absolute Gasteiger partial charge is 0.191 e. The monoisotopic (exact) mass is 363 g/mol. The van der Waals surface area contributed by atoms with Crippen molar-refractivity contribution in [1.82, 2.24) is 20.5 Å². The first-order chi connectivity index (χ1) is 11.9. The zero-order valence-corrected chi connectivity index (χ0v) is 17.1. The number of rotatable bonds is 10. The molecular formula is C19H33N5S. The predicted molar refractivity (Wildman–Crippen MR) is 110 cm³/mol. The van der Waals surface area contributed by atoms with Gasteiger partial charge in [0.1, 0.15) is 0 Å². The lowest BCUT2D eigenvalue weighted by atomic mass is 10.0. The first-order valence-electron chi connectivity index (χ1n) is 8.76. The third kappa shape index (κ3) is 7.00. The van der Waals surface area contributed by atoms with Gasteiger partial charge in [-0.15, -0.1) is 24.5 Å². The molecular weight excluding hydrogens is 330 g/mol. The van der Waals surface area contributed by atoms with Crippen molar-refractivity contribution in [3.63, 3.8) is 0 Å². The molecule has 0 amide bonds. The number of guanidine groups is 1. The Morgan fingerprint density at radius 1 is 1.24 bits per heavy atom. The highest BCUT2D eigenvalue weighted by atomic mass is 32.1. The summed E-state index contributed by atoms with van der Waals surface area (Å²) in [4.78, 5) is 12.4. The number of hydrogen-bond donors (Lipinski definition) is 2. The maximum Gasteiger partial charge on any atom is 0.191 e. The van der Waals surface area contributed by atoms with Crippen LogP contribution in [0.15, 0.2) is 30.3 Å². The van der Waals surface area contributed by atoms with Crippen LogP contribution in [0.4, 0.5) is 0 Å². The number of hydrogen-bond acceptors (Lipinski definition) is 4. The van der Waals surface area contributed by atoms with E-state index in [-0.39, 0.29) is 0 Å². The fourth-order valence-electron chi connectivity index (χ4n) is 2.79. The van der Waals surface area contributed by atoms with Gasteiger partial charge in [-0.3, -0.25) is 9.89 Å². The SMILES string of the molecule is C=CCN(CC=C)C(CNC(=NC)NCc1sc(C)nc1C)C(C)C. The van der Waals surface area contributed by atoms with E-state index in [0.717, 1.165) is 42.8 Å². The van der Waals surface area contributed by atoms with Crippen LogP contribution in [0.25, 0.3) is 0 Å².